The number of benzene rings is 3. The lowest BCUT2D eigenvalue weighted by molar-refractivity contribution is 0.0969. The number of nitrogens with one attached hydrogen (secondary N) is 4. The van der Waals surface area contributed by atoms with Crippen LogP contribution in [-0.2, 0) is 12.8 Å². The van der Waals surface area contributed by atoms with Crippen molar-refractivity contribution in [1.82, 2.24) is 10.6 Å². The third kappa shape index (κ3) is 10.5. The van der Waals surface area contributed by atoms with Gasteiger partial charge in [-0.3, -0.25) is 9.59 Å². The van der Waals surface area contributed by atoms with E-state index in [0.717, 1.165) is 89.3 Å². The summed E-state index contributed by atoms with van der Waals surface area (Å²) in [7, 11) is 0. The van der Waals surface area contributed by atoms with Gasteiger partial charge in [0.15, 0.2) is 11.6 Å². The van der Waals surface area contributed by atoms with Gasteiger partial charge in [0, 0.05) is 48.4 Å². The van der Waals surface area contributed by atoms with Gasteiger partial charge in [-0.15, -0.1) is 0 Å². The van der Waals surface area contributed by atoms with Crippen LogP contribution in [0.5, 0.6) is 0 Å². The van der Waals surface area contributed by atoms with Crippen LogP contribution in [0.4, 0.5) is 21.0 Å². The van der Waals surface area contributed by atoms with E-state index in [9.17, 15) is 19.2 Å². The molecule has 0 radical (unpaired) electrons. The van der Waals surface area contributed by atoms with Gasteiger partial charge in [-0.25, -0.2) is 9.59 Å². The lowest BCUT2D eigenvalue weighted by Gasteiger charge is -2.23. The molecule has 0 aromatic heterocycles. The fraction of sp³-hybridized carbons (Fsp3) is 0.542. The molecule has 0 heterocycles. The summed E-state index contributed by atoms with van der Waals surface area (Å²) in [5.74, 6) is 0.141. The largest absolute Gasteiger partial charge is 0.337 e. The number of carbonyl (C=O) groups is 4. The van der Waals surface area contributed by atoms with Crippen LogP contribution < -0.4 is 21.3 Å². The lowest BCUT2D eigenvalue weighted by atomic mass is 9.82. The average Bonchev–Trinajstić information content (AvgIpc) is 3.10. The lowest BCUT2D eigenvalue weighted by Crippen LogP contribution is -2.35. The molecule has 0 aliphatic heterocycles. The molecule has 8 nitrogen and oxygen atoms in total. The predicted octanol–water partition coefficient (Wildman–Crippen LogP) is 11.4. The molecule has 0 saturated heterocycles. The third-order valence-electron chi connectivity index (χ3n) is 12.0. The highest BCUT2D eigenvalue weighted by Gasteiger charge is 2.25. The molecular formula is C48H70N4O4. The molecule has 4 amide bonds. The molecule has 8 heteroatoms. The molecule has 0 atom stereocenters. The third-order valence-corrected chi connectivity index (χ3v) is 12.0. The highest BCUT2D eigenvalue weighted by atomic mass is 16.2. The van der Waals surface area contributed by atoms with Crippen molar-refractivity contribution in [1.29, 1.82) is 0 Å². The van der Waals surface area contributed by atoms with Crippen molar-refractivity contribution in [3.63, 3.8) is 0 Å². The van der Waals surface area contributed by atoms with Gasteiger partial charge in [0.25, 0.3) is 0 Å². The minimum absolute atomic E-state index is 0.0229. The van der Waals surface area contributed by atoms with E-state index in [1.54, 1.807) is 0 Å². The number of amides is 4. The summed E-state index contributed by atoms with van der Waals surface area (Å²) in [5, 5.41) is 12.1. The van der Waals surface area contributed by atoms with Crippen molar-refractivity contribution in [3.05, 3.63) is 89.0 Å². The minimum atomic E-state index is -0.220. The summed E-state index contributed by atoms with van der Waals surface area (Å²) in [6, 6.07) is -0.440. The Bertz CT molecular complexity index is 1820. The van der Waals surface area contributed by atoms with E-state index in [1.165, 1.54) is 0 Å². The van der Waals surface area contributed by atoms with Gasteiger partial charge in [0.2, 0.25) is 0 Å². The maximum absolute atomic E-state index is 14.0. The van der Waals surface area contributed by atoms with Gasteiger partial charge >= 0.3 is 12.1 Å². The van der Waals surface area contributed by atoms with Crippen LogP contribution in [0.1, 0.15) is 153 Å². The zero-order chi connectivity index (χ0) is 42.8. The highest BCUT2D eigenvalue weighted by molar-refractivity contribution is 6.05. The van der Waals surface area contributed by atoms with Crippen LogP contribution >= 0.6 is 0 Å². The minimum Gasteiger partial charge on any atom is -0.337 e. The summed E-state index contributed by atoms with van der Waals surface area (Å²) >= 11 is 0. The van der Waals surface area contributed by atoms with Crippen molar-refractivity contribution < 1.29 is 19.2 Å². The standard InChI is InChI=1S/C48H70N4O4/c1-25-33(9)43(51-45(55)49-23-47(13,14)15)34(10)26(2)37(25)19-21-39(53)41-29(5)31(7)42(32(8)30(41)6)40(54)22-20-38-27(3)35(11)44(36(12)28(38)4)52-46(56)50-24-48(16,17)18/h19-24H2,1-18H3,(H2,49,51,55)(H2,50,52,56). The molecule has 0 unspecified atom stereocenters. The second-order valence-corrected chi connectivity index (χ2v) is 18.5. The number of hydrogen-bond acceptors (Lipinski definition) is 4. The van der Waals surface area contributed by atoms with Crippen molar-refractivity contribution in [2.75, 3.05) is 23.7 Å². The fourth-order valence-electron chi connectivity index (χ4n) is 7.79. The first-order valence-corrected chi connectivity index (χ1v) is 20.1. The van der Waals surface area contributed by atoms with Gasteiger partial charge in [-0.1, -0.05) is 41.5 Å². The number of urea groups is 2. The molecule has 0 aliphatic carbocycles. The molecule has 0 fully saturated rings. The fourth-order valence-corrected chi connectivity index (χ4v) is 7.79. The summed E-state index contributed by atoms with van der Waals surface area (Å²) in [6.07, 6.45) is 1.85. The van der Waals surface area contributed by atoms with E-state index in [4.69, 9.17) is 0 Å². The smallest absolute Gasteiger partial charge is 0.319 e. The SMILES string of the molecule is Cc1c(C)c(NC(=O)NCC(C)(C)C)c(C)c(C)c1CCC(=O)c1c(C)c(C)c(C(=O)CCc2c(C)c(C)c(NC(=O)NCC(C)(C)C)c(C)c2C)c(C)c1C. The van der Waals surface area contributed by atoms with Crippen LogP contribution in [0.2, 0.25) is 0 Å². The summed E-state index contributed by atoms with van der Waals surface area (Å²) in [4.78, 5) is 53.6. The highest BCUT2D eigenvalue weighted by Crippen LogP contribution is 2.35. The molecule has 306 valence electrons. The number of ketones is 2. The monoisotopic (exact) mass is 767 g/mol. The van der Waals surface area contributed by atoms with Crippen molar-refractivity contribution in [2.24, 2.45) is 10.8 Å². The van der Waals surface area contributed by atoms with Gasteiger partial charge in [0.1, 0.15) is 0 Å². The van der Waals surface area contributed by atoms with E-state index >= 15 is 0 Å². The van der Waals surface area contributed by atoms with Crippen molar-refractivity contribution in [3.8, 4) is 0 Å². The Morgan fingerprint density at radius 2 is 0.643 bits per heavy atom. The summed E-state index contributed by atoms with van der Waals surface area (Å²) < 4.78 is 0. The van der Waals surface area contributed by atoms with Crippen LogP contribution in [0.25, 0.3) is 0 Å². The average molecular weight is 767 g/mol. The Balaban J connectivity index is 1.82. The Morgan fingerprint density at radius 3 is 0.875 bits per heavy atom. The van der Waals surface area contributed by atoms with Crippen molar-refractivity contribution in [2.45, 2.75) is 150 Å². The first-order chi connectivity index (χ1) is 25.7. The maximum atomic E-state index is 14.0. The number of rotatable bonds is 12. The number of carbonyl (C=O) groups excluding carboxylic acids is 4. The first-order valence-electron chi connectivity index (χ1n) is 20.1. The normalized spacial score (nSPS) is 11.8. The van der Waals surface area contributed by atoms with Gasteiger partial charge < -0.3 is 21.3 Å². The quantitative estimate of drug-likeness (QED) is 0.137. The van der Waals surface area contributed by atoms with Crippen LogP contribution in [-0.4, -0.2) is 36.7 Å². The zero-order valence-electron chi connectivity index (χ0n) is 37.9. The molecule has 3 aromatic rings. The van der Waals surface area contributed by atoms with E-state index in [-0.39, 0.29) is 34.5 Å². The first kappa shape index (κ1) is 45.9. The molecular weight excluding hydrogens is 697 g/mol. The molecule has 0 saturated carbocycles. The maximum Gasteiger partial charge on any atom is 0.319 e. The van der Waals surface area contributed by atoms with Gasteiger partial charge in [-0.2, -0.15) is 0 Å². The van der Waals surface area contributed by atoms with Crippen LogP contribution in [0.3, 0.4) is 0 Å². The van der Waals surface area contributed by atoms with Gasteiger partial charge in [0.05, 0.1) is 0 Å². The van der Waals surface area contributed by atoms with E-state index in [0.29, 0.717) is 49.9 Å². The number of Topliss-reactive ketones (excluding diaryl/α,β-unsaturated/α-hetero) is 2. The Morgan fingerprint density at radius 1 is 0.393 bits per heavy atom. The van der Waals surface area contributed by atoms with E-state index in [2.05, 4.69) is 90.5 Å². The van der Waals surface area contributed by atoms with Crippen LogP contribution in [0, 0.1) is 93.9 Å². The predicted molar refractivity (Wildman–Crippen MR) is 234 cm³/mol. The molecule has 56 heavy (non-hydrogen) atoms. The van der Waals surface area contributed by atoms with Crippen molar-refractivity contribution >= 4 is 35.0 Å². The molecule has 0 aliphatic rings. The molecule has 0 spiro atoms. The second-order valence-electron chi connectivity index (χ2n) is 18.5. The number of anilines is 2. The second kappa shape index (κ2) is 17.8. The zero-order valence-corrected chi connectivity index (χ0v) is 37.9. The number of hydrogen-bond donors (Lipinski definition) is 4. The molecule has 0 bridgehead atoms. The molecule has 3 rings (SSSR count). The Kier molecular flexibility index (Phi) is 14.6. The summed E-state index contributed by atoms with van der Waals surface area (Å²) in [5.41, 5.74) is 17.1. The Hall–Kier alpha value is -4.46. The molecule has 4 N–H and O–H groups in total. The van der Waals surface area contributed by atoms with E-state index < -0.39 is 0 Å². The topological polar surface area (TPSA) is 116 Å². The van der Waals surface area contributed by atoms with Gasteiger partial charge in [-0.05, 0) is 185 Å². The Labute approximate surface area is 337 Å². The molecule has 3 aromatic carbocycles. The summed E-state index contributed by atoms with van der Waals surface area (Å²) in [6.45, 7) is 37.8. The van der Waals surface area contributed by atoms with Crippen LogP contribution in [0.15, 0.2) is 0 Å². The van der Waals surface area contributed by atoms with E-state index in [1.807, 2.05) is 55.4 Å².